The van der Waals surface area contributed by atoms with Gasteiger partial charge in [0, 0.05) is 6.20 Å². The third-order valence-electron chi connectivity index (χ3n) is 1.75. The van der Waals surface area contributed by atoms with Crippen molar-refractivity contribution in [2.45, 2.75) is 19.3 Å². The van der Waals surface area contributed by atoms with Crippen molar-refractivity contribution in [3.8, 4) is 0 Å². The molecule has 1 rings (SSSR count). The highest BCUT2D eigenvalue weighted by molar-refractivity contribution is 5.75. The number of hydrogen-bond donors (Lipinski definition) is 1. The van der Waals surface area contributed by atoms with Crippen LogP contribution in [0.3, 0.4) is 0 Å². The molecule has 0 fully saturated rings. The summed E-state index contributed by atoms with van der Waals surface area (Å²) in [4.78, 5) is 14.7. The highest BCUT2D eigenvalue weighted by atomic mass is 16.4. The molecule has 0 aromatic carbocycles. The second-order valence-electron chi connectivity index (χ2n) is 2.55. The fourth-order valence-electron chi connectivity index (χ4n) is 1.09. The molecule has 0 aliphatic heterocycles. The molecule has 1 heterocycles. The molecule has 12 heavy (non-hydrogen) atoms. The van der Waals surface area contributed by atoms with Gasteiger partial charge in [-0.1, -0.05) is 13.0 Å². The van der Waals surface area contributed by atoms with Crippen molar-refractivity contribution in [2.75, 3.05) is 0 Å². The van der Waals surface area contributed by atoms with Crippen molar-refractivity contribution < 1.29 is 9.90 Å². The topological polar surface area (TPSA) is 50.2 Å². The van der Waals surface area contributed by atoms with Crippen molar-refractivity contribution >= 4 is 5.97 Å². The molecule has 0 aliphatic rings. The van der Waals surface area contributed by atoms with Crippen LogP contribution in [0.15, 0.2) is 24.4 Å². The zero-order chi connectivity index (χ0) is 8.97. The lowest BCUT2D eigenvalue weighted by Crippen LogP contribution is -2.11. The van der Waals surface area contributed by atoms with E-state index in [0.717, 1.165) is 0 Å². The molecule has 0 bridgehead atoms. The lowest BCUT2D eigenvalue weighted by molar-refractivity contribution is -0.138. The van der Waals surface area contributed by atoms with E-state index in [1.165, 1.54) is 0 Å². The first-order valence-corrected chi connectivity index (χ1v) is 3.89. The number of carbonyl (C=O) groups is 1. The molecule has 0 amide bonds. The summed E-state index contributed by atoms with van der Waals surface area (Å²) in [5.41, 5.74) is 0.632. The van der Waals surface area contributed by atoms with Gasteiger partial charge in [-0.2, -0.15) is 0 Å². The van der Waals surface area contributed by atoms with Crippen LogP contribution in [0.1, 0.15) is 25.0 Å². The summed E-state index contributed by atoms with van der Waals surface area (Å²) in [7, 11) is 0. The maximum absolute atomic E-state index is 10.7. The lowest BCUT2D eigenvalue weighted by atomic mass is 10.0. The molecule has 1 N–H and O–H groups in total. The molecule has 1 aromatic heterocycles. The van der Waals surface area contributed by atoms with E-state index in [9.17, 15) is 4.79 Å². The Kier molecular flexibility index (Phi) is 2.80. The summed E-state index contributed by atoms with van der Waals surface area (Å²) >= 11 is 0. The normalized spacial score (nSPS) is 12.4. The van der Waals surface area contributed by atoms with Crippen LogP contribution < -0.4 is 0 Å². The smallest absolute Gasteiger partial charge is 0.312 e. The van der Waals surface area contributed by atoms with E-state index in [1.807, 2.05) is 6.92 Å². The molecular formula is C9H11NO2. The number of nitrogens with zero attached hydrogens (tertiary/aromatic N) is 1. The molecule has 1 aromatic rings. The SMILES string of the molecule is CC[C@H](C(=O)O)c1ccccn1. The second-order valence-corrected chi connectivity index (χ2v) is 2.55. The van der Waals surface area contributed by atoms with Gasteiger partial charge in [0.25, 0.3) is 0 Å². The molecule has 3 nitrogen and oxygen atoms in total. The van der Waals surface area contributed by atoms with Gasteiger partial charge in [-0.25, -0.2) is 0 Å². The number of carboxylic acid groups (broad SMARTS) is 1. The van der Waals surface area contributed by atoms with E-state index < -0.39 is 11.9 Å². The van der Waals surface area contributed by atoms with Gasteiger partial charge >= 0.3 is 5.97 Å². The minimum Gasteiger partial charge on any atom is -0.481 e. The molecule has 0 saturated carbocycles. The van der Waals surface area contributed by atoms with Gasteiger partial charge < -0.3 is 5.11 Å². The van der Waals surface area contributed by atoms with Gasteiger partial charge in [0.05, 0.1) is 11.6 Å². The minimum absolute atomic E-state index is 0.466. The standard InChI is InChI=1S/C9H11NO2/c1-2-7(9(11)12)8-5-3-4-6-10-8/h3-7H,2H2,1H3,(H,11,12)/t7-/m0/s1. The van der Waals surface area contributed by atoms with E-state index in [4.69, 9.17) is 5.11 Å². The Morgan fingerprint density at radius 2 is 2.42 bits per heavy atom. The van der Waals surface area contributed by atoms with Crippen LogP contribution in [0, 0.1) is 0 Å². The first kappa shape index (κ1) is 8.71. The van der Waals surface area contributed by atoms with Crippen LogP contribution in [-0.2, 0) is 4.79 Å². The van der Waals surface area contributed by atoms with Crippen LogP contribution in [0.4, 0.5) is 0 Å². The number of rotatable bonds is 3. The van der Waals surface area contributed by atoms with E-state index in [1.54, 1.807) is 24.4 Å². The fraction of sp³-hybridized carbons (Fsp3) is 0.333. The van der Waals surface area contributed by atoms with Crippen molar-refractivity contribution in [1.29, 1.82) is 0 Å². The minimum atomic E-state index is -0.809. The van der Waals surface area contributed by atoms with E-state index in [-0.39, 0.29) is 0 Å². The Morgan fingerprint density at radius 1 is 1.67 bits per heavy atom. The molecule has 3 heteroatoms. The number of carboxylic acids is 1. The Balaban J connectivity index is 2.88. The molecule has 0 unspecified atom stereocenters. The molecular weight excluding hydrogens is 154 g/mol. The summed E-state index contributed by atoms with van der Waals surface area (Å²) in [6.45, 7) is 1.84. The molecule has 0 aliphatic carbocycles. The van der Waals surface area contributed by atoms with E-state index in [0.29, 0.717) is 12.1 Å². The van der Waals surface area contributed by atoms with Gasteiger partial charge in [0.15, 0.2) is 0 Å². The maximum Gasteiger partial charge on any atom is 0.312 e. The molecule has 0 saturated heterocycles. The second kappa shape index (κ2) is 3.85. The largest absolute Gasteiger partial charge is 0.481 e. The number of hydrogen-bond acceptors (Lipinski definition) is 2. The predicted molar refractivity (Wildman–Crippen MR) is 44.9 cm³/mol. The van der Waals surface area contributed by atoms with Gasteiger partial charge in [-0.05, 0) is 18.6 Å². The Labute approximate surface area is 71.1 Å². The first-order valence-electron chi connectivity index (χ1n) is 3.89. The van der Waals surface area contributed by atoms with E-state index in [2.05, 4.69) is 4.98 Å². The third kappa shape index (κ3) is 1.81. The van der Waals surface area contributed by atoms with Crippen LogP contribution in [-0.4, -0.2) is 16.1 Å². The molecule has 64 valence electrons. The highest BCUT2D eigenvalue weighted by Crippen LogP contribution is 2.16. The Hall–Kier alpha value is -1.38. The van der Waals surface area contributed by atoms with Crippen LogP contribution in [0.2, 0.25) is 0 Å². The summed E-state index contributed by atoms with van der Waals surface area (Å²) in [6, 6.07) is 5.31. The summed E-state index contributed by atoms with van der Waals surface area (Å²) in [6.07, 6.45) is 2.19. The number of aromatic nitrogens is 1. The van der Waals surface area contributed by atoms with Crippen molar-refractivity contribution in [2.24, 2.45) is 0 Å². The lowest BCUT2D eigenvalue weighted by Gasteiger charge is -2.07. The average Bonchev–Trinajstić information content (AvgIpc) is 2.07. The monoisotopic (exact) mass is 165 g/mol. The average molecular weight is 165 g/mol. The summed E-state index contributed by atoms with van der Waals surface area (Å²) in [5.74, 6) is -1.28. The molecule has 1 atom stereocenters. The van der Waals surface area contributed by atoms with Crippen molar-refractivity contribution in [3.05, 3.63) is 30.1 Å². The number of pyridine rings is 1. The zero-order valence-electron chi connectivity index (χ0n) is 6.90. The predicted octanol–water partition coefficient (Wildman–Crippen LogP) is 1.66. The molecule has 0 radical (unpaired) electrons. The van der Waals surface area contributed by atoms with Crippen LogP contribution >= 0.6 is 0 Å². The first-order chi connectivity index (χ1) is 5.75. The van der Waals surface area contributed by atoms with Crippen LogP contribution in [0.25, 0.3) is 0 Å². The summed E-state index contributed by atoms with van der Waals surface area (Å²) in [5, 5.41) is 8.79. The van der Waals surface area contributed by atoms with Gasteiger partial charge in [-0.3, -0.25) is 9.78 Å². The highest BCUT2D eigenvalue weighted by Gasteiger charge is 2.17. The van der Waals surface area contributed by atoms with Gasteiger partial charge in [-0.15, -0.1) is 0 Å². The quantitative estimate of drug-likeness (QED) is 0.741. The Bertz CT molecular complexity index is 258. The number of aliphatic carboxylic acids is 1. The maximum atomic E-state index is 10.7. The van der Waals surface area contributed by atoms with Crippen LogP contribution in [0.5, 0.6) is 0 Å². The summed E-state index contributed by atoms with van der Waals surface area (Å²) < 4.78 is 0. The third-order valence-corrected chi connectivity index (χ3v) is 1.75. The van der Waals surface area contributed by atoms with Gasteiger partial charge in [0.1, 0.15) is 0 Å². The fourth-order valence-corrected chi connectivity index (χ4v) is 1.09. The van der Waals surface area contributed by atoms with Crippen molar-refractivity contribution in [3.63, 3.8) is 0 Å². The zero-order valence-corrected chi connectivity index (χ0v) is 6.90. The Morgan fingerprint density at radius 3 is 2.83 bits per heavy atom. The van der Waals surface area contributed by atoms with Gasteiger partial charge in [0.2, 0.25) is 0 Å². The molecule has 0 spiro atoms. The van der Waals surface area contributed by atoms with E-state index >= 15 is 0 Å². The van der Waals surface area contributed by atoms with Crippen molar-refractivity contribution in [1.82, 2.24) is 4.98 Å².